The van der Waals surface area contributed by atoms with Crippen molar-refractivity contribution in [1.29, 1.82) is 0 Å². The highest BCUT2D eigenvalue weighted by molar-refractivity contribution is 8.18. The molecule has 2 heterocycles. The molecule has 1 saturated carbocycles. The highest BCUT2D eigenvalue weighted by Gasteiger charge is 2.38. The van der Waals surface area contributed by atoms with E-state index in [0.717, 1.165) is 44.9 Å². The Hall–Kier alpha value is -2.18. The molecule has 1 aliphatic heterocycles. The number of carbonyl (C=O) groups is 1. The van der Waals surface area contributed by atoms with Gasteiger partial charge in [0.25, 0.3) is 5.91 Å². The Morgan fingerprint density at radius 3 is 2.66 bits per heavy atom. The maximum atomic E-state index is 13.3. The number of benzene rings is 1. The predicted molar refractivity (Wildman–Crippen MR) is 123 cm³/mol. The molecule has 2 aliphatic rings. The van der Waals surface area contributed by atoms with Gasteiger partial charge >= 0.3 is 0 Å². The summed E-state index contributed by atoms with van der Waals surface area (Å²) in [4.78, 5) is 25.2. The number of thioether (sulfide) groups is 1. The molecule has 0 radical (unpaired) electrons. The highest BCUT2D eigenvalue weighted by Crippen LogP contribution is 2.38. The topological polar surface area (TPSA) is 45.6 Å². The van der Waals surface area contributed by atoms with E-state index in [1.165, 1.54) is 42.4 Å². The molecule has 2 fully saturated rings. The molecule has 1 saturated heterocycles. The molecule has 1 amide bonds. The fraction of sp³-hybridized carbons (Fsp3) is 0.348. The normalized spacial score (nSPS) is 21.5. The van der Waals surface area contributed by atoms with Crippen LogP contribution in [0.15, 0.2) is 57.3 Å². The van der Waals surface area contributed by atoms with Crippen molar-refractivity contribution in [3.8, 4) is 0 Å². The van der Waals surface area contributed by atoms with Crippen LogP contribution in [0.3, 0.4) is 0 Å². The summed E-state index contributed by atoms with van der Waals surface area (Å²) in [5, 5.41) is 3.49. The first-order valence-corrected chi connectivity index (χ1v) is 11.8. The highest BCUT2D eigenvalue weighted by atomic mass is 32.2. The Labute approximate surface area is 180 Å². The molecule has 0 unspecified atom stereocenters. The fourth-order valence-corrected chi connectivity index (χ4v) is 5.57. The summed E-state index contributed by atoms with van der Waals surface area (Å²) in [5.41, 5.74) is 3.15. The van der Waals surface area contributed by atoms with Crippen LogP contribution in [0, 0.1) is 6.92 Å². The minimum atomic E-state index is 0.0785. The van der Waals surface area contributed by atoms with E-state index in [0.29, 0.717) is 0 Å². The van der Waals surface area contributed by atoms with E-state index >= 15 is 0 Å². The first kappa shape index (κ1) is 20.1. The van der Waals surface area contributed by atoms with E-state index in [-0.39, 0.29) is 11.9 Å². The van der Waals surface area contributed by atoms with Crippen molar-refractivity contribution in [3.05, 3.63) is 63.5 Å². The Morgan fingerprint density at radius 1 is 1.21 bits per heavy atom. The number of aryl methyl sites for hydroxylation is 1. The minimum absolute atomic E-state index is 0.0785. The van der Waals surface area contributed by atoms with Gasteiger partial charge in [0.05, 0.1) is 10.6 Å². The van der Waals surface area contributed by atoms with Gasteiger partial charge in [0.15, 0.2) is 5.17 Å². The van der Waals surface area contributed by atoms with Gasteiger partial charge in [0, 0.05) is 11.4 Å². The lowest BCUT2D eigenvalue weighted by atomic mass is 9.94. The van der Waals surface area contributed by atoms with Crippen LogP contribution in [-0.4, -0.2) is 27.0 Å². The van der Waals surface area contributed by atoms with E-state index in [2.05, 4.69) is 23.2 Å². The molecule has 0 N–H and O–H groups in total. The number of rotatable bonds is 4. The summed E-state index contributed by atoms with van der Waals surface area (Å²) >= 11 is 3.00. The standard InChI is InChI=1S/C23H25N3OS2/c1-16(13-18-9-5-3-6-10-18)14-20-21(27)26(19-11-7-4-8-12-19)23(29-20)25-22-24-17(2)15-28-22/h3,5-6,9-10,13-15,19H,4,7-8,11-12H2,1-2H3/b16-13+,20-14-,25-23+. The number of nitrogens with zero attached hydrogens (tertiary/aromatic N) is 3. The number of hydrogen-bond donors (Lipinski definition) is 0. The summed E-state index contributed by atoms with van der Waals surface area (Å²) in [6.45, 7) is 4.01. The molecule has 29 heavy (non-hydrogen) atoms. The number of aliphatic imine (C=N–C) groups is 1. The van der Waals surface area contributed by atoms with Crippen LogP contribution in [0.25, 0.3) is 6.08 Å². The van der Waals surface area contributed by atoms with Crippen LogP contribution in [-0.2, 0) is 4.79 Å². The van der Waals surface area contributed by atoms with Gasteiger partial charge in [0.2, 0.25) is 5.13 Å². The summed E-state index contributed by atoms with van der Waals surface area (Å²) in [5.74, 6) is 0.0785. The van der Waals surface area contributed by atoms with Crippen LogP contribution in [0.5, 0.6) is 0 Å². The van der Waals surface area contributed by atoms with Gasteiger partial charge in [-0.15, -0.1) is 11.3 Å². The van der Waals surface area contributed by atoms with Gasteiger partial charge < -0.3 is 0 Å². The fourth-order valence-electron chi connectivity index (χ4n) is 3.76. The third-order valence-corrected chi connectivity index (χ3v) is 6.96. The second-order valence-corrected chi connectivity index (χ2v) is 9.39. The average Bonchev–Trinajstić information content (AvgIpc) is 3.26. The zero-order valence-electron chi connectivity index (χ0n) is 16.8. The number of hydrogen-bond acceptors (Lipinski definition) is 5. The number of amides is 1. The molecule has 6 heteroatoms. The summed E-state index contributed by atoms with van der Waals surface area (Å²) in [6.07, 6.45) is 9.80. The molecule has 0 bridgehead atoms. The third-order valence-electron chi connectivity index (χ3n) is 5.13. The van der Waals surface area contributed by atoms with Crippen molar-refractivity contribution < 1.29 is 4.79 Å². The SMILES string of the molecule is CC(/C=C1\S/C(=N/c2nc(C)cs2)N(C2CCCCC2)C1=O)=C\c1ccccc1. The average molecular weight is 424 g/mol. The minimum Gasteiger partial charge on any atom is -0.283 e. The van der Waals surface area contributed by atoms with Crippen molar-refractivity contribution in [3.63, 3.8) is 0 Å². The maximum absolute atomic E-state index is 13.3. The van der Waals surface area contributed by atoms with Gasteiger partial charge in [-0.2, -0.15) is 4.99 Å². The van der Waals surface area contributed by atoms with Crippen LogP contribution in [0.1, 0.15) is 50.3 Å². The van der Waals surface area contributed by atoms with Gasteiger partial charge in [-0.05, 0) is 55.7 Å². The van der Waals surface area contributed by atoms with E-state index in [9.17, 15) is 4.79 Å². The van der Waals surface area contributed by atoms with Crippen molar-refractivity contribution in [2.24, 2.45) is 4.99 Å². The lowest BCUT2D eigenvalue weighted by Gasteiger charge is -2.30. The summed E-state index contributed by atoms with van der Waals surface area (Å²) in [7, 11) is 0. The first-order valence-electron chi connectivity index (χ1n) is 10.1. The Morgan fingerprint density at radius 2 is 1.97 bits per heavy atom. The predicted octanol–water partition coefficient (Wildman–Crippen LogP) is 6.33. The molecular formula is C23H25N3OS2. The lowest BCUT2D eigenvalue weighted by Crippen LogP contribution is -2.40. The van der Waals surface area contributed by atoms with E-state index in [1.807, 2.05) is 48.4 Å². The number of aromatic nitrogens is 1. The second-order valence-electron chi connectivity index (χ2n) is 7.54. The van der Waals surface area contributed by atoms with Crippen LogP contribution in [0.4, 0.5) is 5.13 Å². The number of thiazole rings is 1. The van der Waals surface area contributed by atoms with Gasteiger partial charge in [-0.1, -0.05) is 55.7 Å². The molecule has 0 spiro atoms. The largest absolute Gasteiger partial charge is 0.283 e. The molecule has 4 nitrogen and oxygen atoms in total. The van der Waals surface area contributed by atoms with E-state index in [4.69, 9.17) is 4.99 Å². The van der Waals surface area contributed by atoms with E-state index < -0.39 is 0 Å². The molecule has 2 aromatic rings. The molecular weight excluding hydrogens is 398 g/mol. The Kier molecular flexibility index (Phi) is 6.31. The zero-order chi connectivity index (χ0) is 20.2. The number of amidine groups is 1. The zero-order valence-corrected chi connectivity index (χ0v) is 18.4. The molecule has 150 valence electrons. The van der Waals surface area contributed by atoms with Crippen molar-refractivity contribution in [2.75, 3.05) is 0 Å². The first-order chi connectivity index (χ1) is 14.1. The lowest BCUT2D eigenvalue weighted by molar-refractivity contribution is -0.124. The van der Waals surface area contributed by atoms with Crippen LogP contribution < -0.4 is 0 Å². The number of allylic oxidation sites excluding steroid dienone is 2. The summed E-state index contributed by atoms with van der Waals surface area (Å²) in [6, 6.07) is 10.4. The maximum Gasteiger partial charge on any atom is 0.266 e. The van der Waals surface area contributed by atoms with Crippen LogP contribution >= 0.6 is 23.1 Å². The molecule has 1 aromatic heterocycles. The molecule has 1 aromatic carbocycles. The second kappa shape index (κ2) is 9.09. The smallest absolute Gasteiger partial charge is 0.266 e. The molecule has 4 rings (SSSR count). The van der Waals surface area contributed by atoms with Gasteiger partial charge in [-0.3, -0.25) is 9.69 Å². The number of carbonyl (C=O) groups excluding carboxylic acids is 1. The Balaban J connectivity index is 1.64. The van der Waals surface area contributed by atoms with Gasteiger partial charge in [0.1, 0.15) is 0 Å². The molecule has 1 aliphatic carbocycles. The van der Waals surface area contributed by atoms with E-state index in [1.54, 1.807) is 0 Å². The quantitative estimate of drug-likeness (QED) is 0.539. The Bertz CT molecular complexity index is 969. The van der Waals surface area contributed by atoms with Crippen molar-refractivity contribution in [1.82, 2.24) is 9.88 Å². The van der Waals surface area contributed by atoms with Gasteiger partial charge in [-0.25, -0.2) is 4.98 Å². The third kappa shape index (κ3) is 4.87. The van der Waals surface area contributed by atoms with Crippen molar-refractivity contribution >= 4 is 45.4 Å². The van der Waals surface area contributed by atoms with Crippen molar-refractivity contribution in [2.45, 2.75) is 52.0 Å². The summed E-state index contributed by atoms with van der Waals surface area (Å²) < 4.78 is 0. The monoisotopic (exact) mass is 423 g/mol. The van der Waals surface area contributed by atoms with Crippen LogP contribution in [0.2, 0.25) is 0 Å². The molecule has 0 atom stereocenters.